The molecule has 0 radical (unpaired) electrons. The summed E-state index contributed by atoms with van der Waals surface area (Å²) in [5.41, 5.74) is 1.40. The van der Waals surface area contributed by atoms with E-state index in [4.69, 9.17) is 33.2 Å². The van der Waals surface area contributed by atoms with Crippen LogP contribution in [0.2, 0.25) is 10.0 Å². The van der Waals surface area contributed by atoms with Crippen LogP contribution in [-0.4, -0.2) is 13.0 Å². The van der Waals surface area contributed by atoms with Gasteiger partial charge in [0.25, 0.3) is 5.91 Å². The highest BCUT2D eigenvalue weighted by molar-refractivity contribution is 6.35. The maximum atomic E-state index is 12.1. The average molecular weight is 376 g/mol. The molecular weight excluding hydrogens is 361 g/mol. The number of rotatable bonds is 6. The quantitative estimate of drug-likeness (QED) is 0.587. The van der Waals surface area contributed by atoms with Crippen molar-refractivity contribution >= 4 is 34.8 Å². The van der Waals surface area contributed by atoms with Crippen LogP contribution in [0.15, 0.2) is 54.2 Å². The summed E-state index contributed by atoms with van der Waals surface area (Å²) < 4.78 is 5.07. The van der Waals surface area contributed by atoms with E-state index in [1.807, 2.05) is 18.2 Å². The first kappa shape index (κ1) is 18.7. The van der Waals surface area contributed by atoms with Gasteiger partial charge in [-0.3, -0.25) is 4.79 Å². The molecule has 128 valence electrons. The van der Waals surface area contributed by atoms with Crippen molar-refractivity contribution in [3.05, 3.63) is 69.8 Å². The molecule has 7 heteroatoms. The summed E-state index contributed by atoms with van der Waals surface area (Å²) >= 11 is 11.8. The first-order chi connectivity index (χ1) is 12.0. The molecule has 2 rings (SSSR count). The molecule has 0 aliphatic heterocycles. The van der Waals surface area contributed by atoms with E-state index in [1.165, 1.54) is 6.20 Å². The van der Waals surface area contributed by atoms with E-state index < -0.39 is 5.91 Å². The highest BCUT2D eigenvalue weighted by atomic mass is 35.5. The van der Waals surface area contributed by atoms with Crippen LogP contribution in [0, 0.1) is 11.3 Å². The lowest BCUT2D eigenvalue weighted by molar-refractivity contribution is -0.117. The van der Waals surface area contributed by atoms with Crippen LogP contribution in [0.25, 0.3) is 0 Å². The fraction of sp³-hybridized carbons (Fsp3) is 0.111. The van der Waals surface area contributed by atoms with Crippen LogP contribution in [0.1, 0.15) is 5.56 Å². The third-order valence-electron chi connectivity index (χ3n) is 3.22. The molecule has 0 spiro atoms. The van der Waals surface area contributed by atoms with E-state index in [-0.39, 0.29) is 5.57 Å². The molecule has 0 saturated carbocycles. The molecule has 0 fully saturated rings. The molecule has 0 aliphatic carbocycles. The topological polar surface area (TPSA) is 74.1 Å². The highest BCUT2D eigenvalue weighted by Crippen LogP contribution is 2.22. The molecule has 2 N–H and O–H groups in total. The SMILES string of the molecule is COc1ccc(CNC(=O)/C(C#N)=C\Nc2cc(Cl)cc(Cl)c2)cc1. The number of benzene rings is 2. The van der Waals surface area contributed by atoms with Gasteiger partial charge in [0.1, 0.15) is 17.4 Å². The maximum Gasteiger partial charge on any atom is 0.263 e. The largest absolute Gasteiger partial charge is 0.497 e. The van der Waals surface area contributed by atoms with Gasteiger partial charge in [0.15, 0.2) is 0 Å². The maximum absolute atomic E-state index is 12.1. The molecular formula is C18H15Cl2N3O2. The Bertz CT molecular complexity index is 807. The van der Waals surface area contributed by atoms with Gasteiger partial charge in [-0.15, -0.1) is 0 Å². The summed E-state index contributed by atoms with van der Waals surface area (Å²) in [5, 5.41) is 15.6. The van der Waals surface area contributed by atoms with E-state index in [0.29, 0.717) is 22.3 Å². The van der Waals surface area contributed by atoms with Crippen LogP contribution in [0.4, 0.5) is 5.69 Å². The zero-order chi connectivity index (χ0) is 18.2. The monoisotopic (exact) mass is 375 g/mol. The lowest BCUT2D eigenvalue weighted by atomic mass is 10.2. The van der Waals surface area contributed by atoms with Crippen molar-refractivity contribution < 1.29 is 9.53 Å². The standard InChI is InChI=1S/C18H15Cl2N3O2/c1-25-17-4-2-12(3-5-17)10-23-18(24)13(9-21)11-22-16-7-14(19)6-15(20)8-16/h2-8,11,22H,10H2,1H3,(H,23,24)/b13-11-. The van der Waals surface area contributed by atoms with Crippen molar-refractivity contribution in [3.8, 4) is 11.8 Å². The van der Waals surface area contributed by atoms with Gasteiger partial charge in [-0.1, -0.05) is 35.3 Å². The molecule has 0 aliphatic rings. The number of hydrogen-bond donors (Lipinski definition) is 2. The molecule has 0 unspecified atom stereocenters. The predicted molar refractivity (Wildman–Crippen MR) is 98.6 cm³/mol. The van der Waals surface area contributed by atoms with Crippen LogP contribution in [0.5, 0.6) is 5.75 Å². The average Bonchev–Trinajstić information content (AvgIpc) is 2.60. The third kappa shape index (κ3) is 5.71. The summed E-state index contributed by atoms with van der Waals surface area (Å²) in [7, 11) is 1.58. The molecule has 0 atom stereocenters. The first-order valence-electron chi connectivity index (χ1n) is 7.26. The minimum absolute atomic E-state index is 0.0652. The van der Waals surface area contributed by atoms with Crippen molar-refractivity contribution in [1.82, 2.24) is 5.32 Å². The minimum Gasteiger partial charge on any atom is -0.497 e. The van der Waals surface area contributed by atoms with E-state index in [9.17, 15) is 4.79 Å². The number of amides is 1. The van der Waals surface area contributed by atoms with Crippen LogP contribution in [0.3, 0.4) is 0 Å². The Morgan fingerprint density at radius 1 is 1.20 bits per heavy atom. The summed E-state index contributed by atoms with van der Waals surface area (Å²) in [4.78, 5) is 12.1. The van der Waals surface area contributed by atoms with Crippen molar-refractivity contribution in [2.24, 2.45) is 0 Å². The molecule has 0 aromatic heterocycles. The van der Waals surface area contributed by atoms with E-state index >= 15 is 0 Å². The van der Waals surface area contributed by atoms with Gasteiger partial charge < -0.3 is 15.4 Å². The fourth-order valence-electron chi connectivity index (χ4n) is 1.96. The molecule has 0 saturated heterocycles. The van der Waals surface area contributed by atoms with Gasteiger partial charge >= 0.3 is 0 Å². The molecule has 0 bridgehead atoms. The van der Waals surface area contributed by atoms with Crippen molar-refractivity contribution in [3.63, 3.8) is 0 Å². The number of halogens is 2. The molecule has 2 aromatic rings. The Morgan fingerprint density at radius 2 is 1.84 bits per heavy atom. The second-order valence-corrected chi connectivity index (χ2v) is 5.88. The van der Waals surface area contributed by atoms with Crippen molar-refractivity contribution in [1.29, 1.82) is 5.26 Å². The smallest absolute Gasteiger partial charge is 0.263 e. The lowest BCUT2D eigenvalue weighted by Gasteiger charge is -2.07. The number of carbonyl (C=O) groups excluding carboxylic acids is 1. The van der Waals surface area contributed by atoms with Gasteiger partial charge in [-0.05, 0) is 35.9 Å². The Hall–Kier alpha value is -2.68. The second-order valence-electron chi connectivity index (χ2n) is 5.00. The Morgan fingerprint density at radius 3 is 2.40 bits per heavy atom. The highest BCUT2D eigenvalue weighted by Gasteiger charge is 2.08. The van der Waals surface area contributed by atoms with Crippen molar-refractivity contribution in [2.45, 2.75) is 6.54 Å². The fourth-order valence-corrected chi connectivity index (χ4v) is 2.49. The number of carbonyl (C=O) groups is 1. The van der Waals surface area contributed by atoms with Gasteiger partial charge in [-0.25, -0.2) is 0 Å². The van der Waals surface area contributed by atoms with Gasteiger partial charge in [0.2, 0.25) is 0 Å². The van der Waals surface area contributed by atoms with Crippen LogP contribution >= 0.6 is 23.2 Å². The van der Waals surface area contributed by atoms with Gasteiger partial charge in [0, 0.05) is 28.5 Å². The number of hydrogen-bond acceptors (Lipinski definition) is 4. The number of ether oxygens (including phenoxy) is 1. The number of nitrogens with one attached hydrogen (secondary N) is 2. The number of anilines is 1. The van der Waals surface area contributed by atoms with Gasteiger partial charge in [0.05, 0.1) is 7.11 Å². The summed E-state index contributed by atoms with van der Waals surface area (Å²) in [6, 6.07) is 14.0. The molecule has 2 aromatic carbocycles. The normalized spacial score (nSPS) is 10.7. The van der Waals surface area contributed by atoms with Crippen molar-refractivity contribution in [2.75, 3.05) is 12.4 Å². The Labute approximate surface area is 155 Å². The summed E-state index contributed by atoms with van der Waals surface area (Å²) in [6.07, 6.45) is 1.31. The third-order valence-corrected chi connectivity index (χ3v) is 3.66. The van der Waals surface area contributed by atoms with Crippen LogP contribution in [-0.2, 0) is 11.3 Å². The Balaban J connectivity index is 1.98. The number of methoxy groups -OCH3 is 1. The molecule has 5 nitrogen and oxygen atoms in total. The molecule has 0 heterocycles. The lowest BCUT2D eigenvalue weighted by Crippen LogP contribution is -2.24. The summed E-state index contributed by atoms with van der Waals surface area (Å²) in [6.45, 7) is 0.296. The predicted octanol–water partition coefficient (Wildman–Crippen LogP) is 4.14. The number of nitrogens with zero attached hydrogens (tertiary/aromatic N) is 1. The van der Waals surface area contributed by atoms with Crippen LogP contribution < -0.4 is 15.4 Å². The zero-order valence-corrected chi connectivity index (χ0v) is 14.9. The second kappa shape index (κ2) is 8.97. The first-order valence-corrected chi connectivity index (χ1v) is 8.01. The van der Waals surface area contributed by atoms with E-state index in [1.54, 1.807) is 37.4 Å². The minimum atomic E-state index is -0.487. The van der Waals surface area contributed by atoms with E-state index in [0.717, 1.165) is 11.3 Å². The summed E-state index contributed by atoms with van der Waals surface area (Å²) in [5.74, 6) is 0.246. The van der Waals surface area contributed by atoms with E-state index in [2.05, 4.69) is 10.6 Å². The van der Waals surface area contributed by atoms with Gasteiger partial charge in [-0.2, -0.15) is 5.26 Å². The Kier molecular flexibility index (Phi) is 6.70. The zero-order valence-electron chi connectivity index (χ0n) is 13.3. The number of nitriles is 1. The molecule has 25 heavy (non-hydrogen) atoms. The molecule has 1 amide bonds.